The van der Waals surface area contributed by atoms with Crippen LogP contribution in [0.2, 0.25) is 0 Å². The molecule has 0 fully saturated rings. The van der Waals surface area contributed by atoms with E-state index in [1.165, 1.54) is 52.0 Å². The summed E-state index contributed by atoms with van der Waals surface area (Å²) in [5.41, 5.74) is 2.83. The van der Waals surface area contributed by atoms with E-state index in [9.17, 15) is 22.4 Å². The van der Waals surface area contributed by atoms with Crippen molar-refractivity contribution in [1.29, 1.82) is 0 Å². The third kappa shape index (κ3) is 5.23. The van der Waals surface area contributed by atoms with Crippen LogP contribution in [0.3, 0.4) is 0 Å². The van der Waals surface area contributed by atoms with Gasteiger partial charge in [-0.25, -0.2) is 22.6 Å². The van der Waals surface area contributed by atoms with Gasteiger partial charge in [0.25, 0.3) is 15.9 Å². The van der Waals surface area contributed by atoms with Crippen LogP contribution in [0.1, 0.15) is 15.9 Å². The molecule has 0 aliphatic carbocycles. The maximum absolute atomic E-state index is 13.2. The van der Waals surface area contributed by atoms with Crippen molar-refractivity contribution < 1.29 is 27.1 Å². The van der Waals surface area contributed by atoms with E-state index in [-0.39, 0.29) is 16.3 Å². The zero-order valence-corrected chi connectivity index (χ0v) is 20.9. The first-order valence-electron chi connectivity index (χ1n) is 11.2. The molecule has 0 saturated heterocycles. The second kappa shape index (κ2) is 10.1. The van der Waals surface area contributed by atoms with Gasteiger partial charge in [0.1, 0.15) is 5.82 Å². The molecule has 1 aliphatic rings. The van der Waals surface area contributed by atoms with Crippen molar-refractivity contribution in [3.05, 3.63) is 95.1 Å². The molecule has 0 atom stereocenters. The Morgan fingerprint density at radius 3 is 2.65 bits per heavy atom. The average molecular weight is 538 g/mol. The van der Waals surface area contributed by atoms with Crippen molar-refractivity contribution in [2.45, 2.75) is 11.3 Å². The zero-order chi connectivity index (χ0) is 26.0. The van der Waals surface area contributed by atoms with Crippen LogP contribution in [0.4, 0.5) is 15.2 Å². The van der Waals surface area contributed by atoms with E-state index in [0.717, 1.165) is 5.56 Å². The molecule has 188 valence electrons. The van der Waals surface area contributed by atoms with Gasteiger partial charge in [-0.3, -0.25) is 14.4 Å². The second-order valence-electron chi connectivity index (χ2n) is 8.15. The van der Waals surface area contributed by atoms with E-state index in [1.807, 2.05) is 12.1 Å². The molecule has 1 amide bonds. The summed E-state index contributed by atoms with van der Waals surface area (Å²) in [5.74, 6) is -1.80. The minimum absolute atomic E-state index is 0.00852. The minimum Gasteiger partial charge on any atom is -0.452 e. The standard InChI is InChI=1S/C26H20FN3O5S2/c27-20-10-8-17(9-11-20)22-16-36-26(28-22)29-24(31)15-35-25(32)19-5-3-6-21(14-19)37(33,34)30-13-12-18-4-1-2-7-23(18)30/h1-11,14,16H,12-13,15H2,(H,28,29,31). The van der Waals surface area contributed by atoms with Crippen LogP contribution in [0.25, 0.3) is 11.3 Å². The van der Waals surface area contributed by atoms with Gasteiger partial charge in [-0.1, -0.05) is 24.3 Å². The number of ether oxygens (including phenoxy) is 1. The van der Waals surface area contributed by atoms with Gasteiger partial charge < -0.3 is 4.74 Å². The molecule has 0 saturated carbocycles. The van der Waals surface area contributed by atoms with Crippen LogP contribution < -0.4 is 9.62 Å². The number of nitrogens with one attached hydrogen (secondary N) is 1. The Bertz CT molecular complexity index is 1590. The number of esters is 1. The first-order valence-corrected chi connectivity index (χ1v) is 13.5. The summed E-state index contributed by atoms with van der Waals surface area (Å²) in [6, 6.07) is 18.6. The molecule has 5 rings (SSSR count). The number of carbonyl (C=O) groups excluding carboxylic acids is 2. The van der Waals surface area contributed by atoms with Crippen LogP contribution in [-0.2, 0) is 26.0 Å². The molecule has 3 aromatic carbocycles. The minimum atomic E-state index is -3.88. The Hall–Kier alpha value is -4.09. The lowest BCUT2D eigenvalue weighted by molar-refractivity contribution is -0.119. The fourth-order valence-electron chi connectivity index (χ4n) is 3.92. The van der Waals surface area contributed by atoms with Crippen molar-refractivity contribution in [1.82, 2.24) is 4.98 Å². The van der Waals surface area contributed by atoms with Crippen molar-refractivity contribution in [3.63, 3.8) is 0 Å². The van der Waals surface area contributed by atoms with Crippen LogP contribution in [0.5, 0.6) is 0 Å². The molecule has 2 heterocycles. The highest BCUT2D eigenvalue weighted by Gasteiger charge is 2.31. The van der Waals surface area contributed by atoms with Crippen molar-refractivity contribution in [2.75, 3.05) is 22.8 Å². The van der Waals surface area contributed by atoms with E-state index >= 15 is 0 Å². The second-order valence-corrected chi connectivity index (χ2v) is 10.9. The third-order valence-electron chi connectivity index (χ3n) is 5.73. The van der Waals surface area contributed by atoms with Crippen molar-refractivity contribution in [3.8, 4) is 11.3 Å². The van der Waals surface area contributed by atoms with Crippen LogP contribution in [0, 0.1) is 5.82 Å². The summed E-state index contributed by atoms with van der Waals surface area (Å²) < 4.78 is 46.0. The van der Waals surface area contributed by atoms with Gasteiger partial charge in [-0.05, 0) is 60.5 Å². The number of thiazole rings is 1. The van der Waals surface area contributed by atoms with Gasteiger partial charge >= 0.3 is 5.97 Å². The highest BCUT2D eigenvalue weighted by atomic mass is 32.2. The molecule has 1 aliphatic heterocycles. The Kier molecular flexibility index (Phi) is 6.72. The predicted octanol–water partition coefficient (Wildman–Crippen LogP) is 4.50. The number of aromatic nitrogens is 1. The fourth-order valence-corrected chi connectivity index (χ4v) is 6.21. The monoisotopic (exact) mass is 537 g/mol. The van der Waals surface area contributed by atoms with E-state index in [2.05, 4.69) is 10.3 Å². The van der Waals surface area contributed by atoms with E-state index in [1.54, 1.807) is 29.6 Å². The van der Waals surface area contributed by atoms with Gasteiger partial charge in [0.05, 0.1) is 21.8 Å². The number of carbonyl (C=O) groups is 2. The summed E-state index contributed by atoms with van der Waals surface area (Å²) in [6.45, 7) is -0.267. The zero-order valence-electron chi connectivity index (χ0n) is 19.3. The number of hydrogen-bond acceptors (Lipinski definition) is 7. The Morgan fingerprint density at radius 2 is 1.84 bits per heavy atom. The van der Waals surface area contributed by atoms with Gasteiger partial charge in [-0.2, -0.15) is 0 Å². The third-order valence-corrected chi connectivity index (χ3v) is 8.29. The number of amides is 1. The smallest absolute Gasteiger partial charge is 0.338 e. The van der Waals surface area contributed by atoms with Crippen molar-refractivity contribution in [2.24, 2.45) is 0 Å². The summed E-state index contributed by atoms with van der Waals surface area (Å²) in [4.78, 5) is 29.1. The number of para-hydroxylation sites is 1. The van der Waals surface area contributed by atoms with Gasteiger partial charge in [0.15, 0.2) is 11.7 Å². The number of rotatable bonds is 7. The number of sulfonamides is 1. The van der Waals surface area contributed by atoms with Gasteiger partial charge in [0, 0.05) is 17.5 Å². The highest BCUT2D eigenvalue weighted by molar-refractivity contribution is 7.92. The number of nitrogens with zero attached hydrogens (tertiary/aromatic N) is 2. The van der Waals surface area contributed by atoms with E-state index in [0.29, 0.717) is 35.0 Å². The molecular weight excluding hydrogens is 517 g/mol. The highest BCUT2D eigenvalue weighted by Crippen LogP contribution is 2.33. The van der Waals surface area contributed by atoms with Crippen LogP contribution in [-0.4, -0.2) is 38.4 Å². The summed E-state index contributed by atoms with van der Waals surface area (Å²) in [5, 5.41) is 4.55. The van der Waals surface area contributed by atoms with Gasteiger partial charge in [-0.15, -0.1) is 11.3 Å². The number of fused-ring (bicyclic) bond motifs is 1. The number of hydrogen-bond donors (Lipinski definition) is 1. The predicted molar refractivity (Wildman–Crippen MR) is 138 cm³/mol. The lowest BCUT2D eigenvalue weighted by atomic mass is 10.2. The van der Waals surface area contributed by atoms with Crippen molar-refractivity contribution >= 4 is 44.1 Å². The number of benzene rings is 3. The fraction of sp³-hybridized carbons (Fsp3) is 0.115. The first kappa shape index (κ1) is 24.6. The molecule has 1 aromatic heterocycles. The molecule has 1 N–H and O–H groups in total. The molecule has 0 radical (unpaired) electrons. The Morgan fingerprint density at radius 1 is 1.05 bits per heavy atom. The molecule has 0 bridgehead atoms. The summed E-state index contributed by atoms with van der Waals surface area (Å²) >= 11 is 1.17. The van der Waals surface area contributed by atoms with E-state index in [4.69, 9.17) is 4.74 Å². The molecule has 0 spiro atoms. The normalized spacial score (nSPS) is 12.7. The molecular formula is C26H20FN3O5S2. The molecule has 11 heteroatoms. The maximum Gasteiger partial charge on any atom is 0.338 e. The molecule has 37 heavy (non-hydrogen) atoms. The summed E-state index contributed by atoms with van der Waals surface area (Å²) in [6.07, 6.45) is 0.608. The average Bonchev–Trinajstić information content (AvgIpc) is 3.55. The maximum atomic E-state index is 13.2. The molecule has 4 aromatic rings. The first-order chi connectivity index (χ1) is 17.8. The van der Waals surface area contributed by atoms with Gasteiger partial charge in [0.2, 0.25) is 0 Å². The Labute approximate surface area is 216 Å². The van der Waals surface area contributed by atoms with E-state index < -0.39 is 28.5 Å². The summed E-state index contributed by atoms with van der Waals surface area (Å²) in [7, 11) is -3.88. The largest absolute Gasteiger partial charge is 0.452 e. The lowest BCUT2D eigenvalue weighted by Crippen LogP contribution is -2.29. The SMILES string of the molecule is O=C(COC(=O)c1cccc(S(=O)(=O)N2CCc3ccccc32)c1)Nc1nc(-c2ccc(F)cc2)cs1. The quantitative estimate of drug-likeness (QED) is 0.348. The van der Waals surface area contributed by atoms with Crippen LogP contribution in [0.15, 0.2) is 83.1 Å². The Balaban J connectivity index is 1.21. The number of anilines is 2. The molecule has 0 unspecified atom stereocenters. The van der Waals surface area contributed by atoms with Crippen LogP contribution >= 0.6 is 11.3 Å². The topological polar surface area (TPSA) is 106 Å². The lowest BCUT2D eigenvalue weighted by Gasteiger charge is -2.19. The molecule has 8 nitrogen and oxygen atoms in total. The number of halogens is 1.